The molecule has 0 radical (unpaired) electrons. The molecule has 2 bridgehead atoms. The van der Waals surface area contributed by atoms with Gasteiger partial charge in [-0.05, 0) is 36.5 Å². The summed E-state index contributed by atoms with van der Waals surface area (Å²) in [5, 5.41) is 4.69. The fourth-order valence-corrected chi connectivity index (χ4v) is 4.06. The van der Waals surface area contributed by atoms with Gasteiger partial charge in [-0.1, -0.05) is 30.3 Å². The first kappa shape index (κ1) is 17.4. The average molecular weight is 397 g/mol. The second-order valence-electron chi connectivity index (χ2n) is 6.81. The van der Waals surface area contributed by atoms with Crippen molar-refractivity contribution >= 4 is 18.0 Å². The van der Waals surface area contributed by atoms with Gasteiger partial charge in [-0.25, -0.2) is 9.07 Å². The van der Waals surface area contributed by atoms with Gasteiger partial charge in [0.05, 0.1) is 12.6 Å². The van der Waals surface area contributed by atoms with E-state index < -0.39 is 6.29 Å². The molecule has 2 aromatic carbocycles. The molecule has 1 aromatic heterocycles. The number of ketones is 1. The highest BCUT2D eigenvalue weighted by Crippen LogP contribution is 2.34. The van der Waals surface area contributed by atoms with E-state index in [-0.39, 0.29) is 30.2 Å². The molecule has 3 aromatic rings. The fraction of sp³-hybridized carbons (Fsp3) is 0.250. The Morgan fingerprint density at radius 2 is 1.96 bits per heavy atom. The number of hydrogen-bond acceptors (Lipinski definition) is 5. The molecule has 0 spiro atoms. The second-order valence-corrected chi connectivity index (χ2v) is 7.17. The number of ether oxygens (including phenoxy) is 2. The molecule has 2 fully saturated rings. The molecule has 2 aliphatic heterocycles. The number of carbonyl (C=O) groups is 1. The fourth-order valence-electron chi connectivity index (χ4n) is 3.69. The molecule has 142 valence electrons. The van der Waals surface area contributed by atoms with Crippen molar-refractivity contribution in [1.29, 1.82) is 0 Å². The Hall–Kier alpha value is -2.68. The van der Waals surface area contributed by atoms with Crippen molar-refractivity contribution in [2.24, 2.45) is 0 Å². The zero-order chi connectivity index (χ0) is 19.3. The number of benzene rings is 2. The number of fused-ring (bicyclic) bond motifs is 2. The molecule has 3 atom stereocenters. The van der Waals surface area contributed by atoms with Crippen molar-refractivity contribution in [3.05, 3.63) is 65.2 Å². The summed E-state index contributed by atoms with van der Waals surface area (Å²) in [5.41, 5.74) is 1.40. The van der Waals surface area contributed by atoms with Crippen LogP contribution in [0.25, 0.3) is 17.1 Å². The summed E-state index contributed by atoms with van der Waals surface area (Å²) < 4.78 is 28.8. The first-order valence-electron chi connectivity index (χ1n) is 8.94. The van der Waals surface area contributed by atoms with E-state index in [1.807, 2.05) is 30.3 Å². The highest BCUT2D eigenvalue weighted by atomic mass is 32.1. The van der Waals surface area contributed by atoms with E-state index in [9.17, 15) is 9.18 Å². The standard InChI is InChI=1S/C20H16FN3O3S/c21-13-6-4-5-12(9-13)18-22-24(15-10-16(25)19-26-11-17(15)27-19)20(28)23(18)14-7-2-1-3-8-14/h1-9,15,17,19H,10-11H2/t15-,17+,19-/m0/s1. The molecular weight excluding hydrogens is 381 g/mol. The third kappa shape index (κ3) is 2.81. The monoisotopic (exact) mass is 397 g/mol. The first-order chi connectivity index (χ1) is 13.6. The molecule has 0 N–H and O–H groups in total. The summed E-state index contributed by atoms with van der Waals surface area (Å²) in [7, 11) is 0. The van der Waals surface area contributed by atoms with Gasteiger partial charge in [0.15, 0.2) is 11.6 Å². The molecule has 2 saturated heterocycles. The van der Waals surface area contributed by atoms with Crippen LogP contribution >= 0.6 is 12.2 Å². The highest BCUT2D eigenvalue weighted by Gasteiger charge is 2.45. The maximum atomic E-state index is 13.9. The second kappa shape index (κ2) is 6.73. The van der Waals surface area contributed by atoms with E-state index in [4.69, 9.17) is 26.8 Å². The van der Waals surface area contributed by atoms with Crippen LogP contribution in [-0.2, 0) is 14.3 Å². The lowest BCUT2D eigenvalue weighted by Gasteiger charge is -2.26. The van der Waals surface area contributed by atoms with Crippen molar-refractivity contribution in [2.75, 3.05) is 6.61 Å². The van der Waals surface area contributed by atoms with Crippen molar-refractivity contribution < 1.29 is 18.7 Å². The Balaban J connectivity index is 1.70. The van der Waals surface area contributed by atoms with Crippen LogP contribution in [0.4, 0.5) is 4.39 Å². The summed E-state index contributed by atoms with van der Waals surface area (Å²) in [6.45, 7) is 0.316. The molecule has 28 heavy (non-hydrogen) atoms. The Kier molecular flexibility index (Phi) is 4.19. The van der Waals surface area contributed by atoms with E-state index >= 15 is 0 Å². The zero-order valence-corrected chi connectivity index (χ0v) is 15.5. The van der Waals surface area contributed by atoms with Crippen LogP contribution in [0.1, 0.15) is 12.5 Å². The minimum Gasteiger partial charge on any atom is -0.343 e. The van der Waals surface area contributed by atoms with Gasteiger partial charge in [0, 0.05) is 17.7 Å². The molecule has 3 heterocycles. The third-order valence-corrected chi connectivity index (χ3v) is 5.40. The van der Waals surface area contributed by atoms with Gasteiger partial charge < -0.3 is 9.47 Å². The molecule has 2 aliphatic rings. The molecule has 0 saturated carbocycles. The number of nitrogens with zero attached hydrogens (tertiary/aromatic N) is 3. The molecule has 0 amide bonds. The van der Waals surface area contributed by atoms with Gasteiger partial charge in [-0.3, -0.25) is 9.36 Å². The quantitative estimate of drug-likeness (QED) is 0.634. The summed E-state index contributed by atoms with van der Waals surface area (Å²) in [4.78, 5) is 12.2. The van der Waals surface area contributed by atoms with E-state index in [0.29, 0.717) is 22.8 Å². The summed E-state index contributed by atoms with van der Waals surface area (Å²) >= 11 is 5.72. The number of para-hydroxylation sites is 1. The van der Waals surface area contributed by atoms with Crippen LogP contribution in [0, 0.1) is 10.6 Å². The highest BCUT2D eigenvalue weighted by molar-refractivity contribution is 7.71. The van der Waals surface area contributed by atoms with E-state index in [2.05, 4.69) is 0 Å². The van der Waals surface area contributed by atoms with Gasteiger partial charge in [0.1, 0.15) is 11.9 Å². The Labute approximate surface area is 165 Å². The van der Waals surface area contributed by atoms with Crippen LogP contribution in [0.15, 0.2) is 54.6 Å². The Bertz CT molecular complexity index is 1110. The minimum atomic E-state index is -0.783. The zero-order valence-electron chi connectivity index (χ0n) is 14.7. The van der Waals surface area contributed by atoms with Crippen LogP contribution in [0.2, 0.25) is 0 Å². The SMILES string of the molecule is O=C1C[C@H](n2nc(-c3cccc(F)c3)n(-c3ccccc3)c2=S)[C@H]2CO[C@H]1O2. The average Bonchev–Trinajstić information content (AvgIpc) is 3.28. The topological polar surface area (TPSA) is 58.3 Å². The predicted molar refractivity (Wildman–Crippen MR) is 101 cm³/mol. The summed E-state index contributed by atoms with van der Waals surface area (Å²) in [6, 6.07) is 15.3. The number of carbonyl (C=O) groups excluding carboxylic acids is 1. The number of hydrogen-bond donors (Lipinski definition) is 0. The van der Waals surface area contributed by atoms with Gasteiger partial charge >= 0.3 is 0 Å². The van der Waals surface area contributed by atoms with E-state index in [0.717, 1.165) is 5.69 Å². The lowest BCUT2D eigenvalue weighted by atomic mass is 10.0. The maximum absolute atomic E-state index is 13.9. The smallest absolute Gasteiger partial charge is 0.218 e. The normalized spacial score (nSPS) is 23.9. The number of halogens is 1. The molecular formula is C20H16FN3O3S. The largest absolute Gasteiger partial charge is 0.343 e. The van der Waals surface area contributed by atoms with E-state index in [1.54, 1.807) is 21.4 Å². The maximum Gasteiger partial charge on any atom is 0.218 e. The summed E-state index contributed by atoms with van der Waals surface area (Å²) in [5.74, 6) is 0.0206. The molecule has 0 aliphatic carbocycles. The van der Waals surface area contributed by atoms with Gasteiger partial charge in [-0.15, -0.1) is 0 Å². The number of rotatable bonds is 3. The molecule has 6 nitrogen and oxygen atoms in total. The lowest BCUT2D eigenvalue weighted by molar-refractivity contribution is -0.156. The van der Waals surface area contributed by atoms with Crippen LogP contribution < -0.4 is 0 Å². The van der Waals surface area contributed by atoms with Crippen molar-refractivity contribution in [2.45, 2.75) is 24.9 Å². The first-order valence-corrected chi connectivity index (χ1v) is 9.35. The number of Topliss-reactive ketones (excluding diaryl/α,β-unsaturated/α-hetero) is 1. The van der Waals surface area contributed by atoms with Crippen LogP contribution in [-0.4, -0.2) is 39.1 Å². The van der Waals surface area contributed by atoms with Gasteiger partial charge in [0.25, 0.3) is 0 Å². The number of aromatic nitrogens is 3. The summed E-state index contributed by atoms with van der Waals surface area (Å²) in [6.07, 6.45) is -0.846. The van der Waals surface area contributed by atoms with Crippen LogP contribution in [0.3, 0.4) is 0 Å². The minimum absolute atomic E-state index is 0.123. The Morgan fingerprint density at radius 1 is 1.14 bits per heavy atom. The van der Waals surface area contributed by atoms with Crippen molar-refractivity contribution in [3.8, 4) is 17.1 Å². The molecule has 8 heteroatoms. The predicted octanol–water partition coefficient (Wildman–Crippen LogP) is 3.46. The van der Waals surface area contributed by atoms with Gasteiger partial charge in [-0.2, -0.15) is 5.10 Å². The van der Waals surface area contributed by atoms with Gasteiger partial charge in [0.2, 0.25) is 11.1 Å². The third-order valence-electron chi connectivity index (χ3n) is 5.03. The van der Waals surface area contributed by atoms with Crippen LogP contribution in [0.5, 0.6) is 0 Å². The Morgan fingerprint density at radius 3 is 2.75 bits per heavy atom. The van der Waals surface area contributed by atoms with Crippen molar-refractivity contribution in [1.82, 2.24) is 14.3 Å². The van der Waals surface area contributed by atoms with E-state index in [1.165, 1.54) is 12.1 Å². The lowest BCUT2D eigenvalue weighted by Crippen LogP contribution is -2.37. The molecule has 0 unspecified atom stereocenters. The van der Waals surface area contributed by atoms with Crippen molar-refractivity contribution in [3.63, 3.8) is 0 Å². The molecule has 5 rings (SSSR count).